The highest BCUT2D eigenvalue weighted by molar-refractivity contribution is 7.99. The highest BCUT2D eigenvalue weighted by atomic mass is 32.2. The van der Waals surface area contributed by atoms with Crippen molar-refractivity contribution in [3.63, 3.8) is 0 Å². The topological polar surface area (TPSA) is 101 Å². The summed E-state index contributed by atoms with van der Waals surface area (Å²) < 4.78 is 1.28. The van der Waals surface area contributed by atoms with Crippen molar-refractivity contribution in [1.29, 1.82) is 0 Å². The Hall–Kier alpha value is -2.09. The predicted molar refractivity (Wildman–Crippen MR) is 60.3 cm³/mol. The second kappa shape index (κ2) is 4.83. The van der Waals surface area contributed by atoms with Crippen LogP contribution in [0.25, 0.3) is 5.69 Å². The van der Waals surface area contributed by atoms with Gasteiger partial charge in [0.15, 0.2) is 5.16 Å². The Balaban J connectivity index is 2.37. The molecule has 88 valence electrons. The monoisotopic (exact) mass is 252 g/mol. The summed E-state index contributed by atoms with van der Waals surface area (Å²) in [5, 5.41) is 14.9. The summed E-state index contributed by atoms with van der Waals surface area (Å²) in [5.74, 6) is -1.13. The van der Waals surface area contributed by atoms with Crippen molar-refractivity contribution in [2.24, 2.45) is 0 Å². The van der Waals surface area contributed by atoms with E-state index in [-0.39, 0.29) is 5.75 Å². The average molecular weight is 252 g/mol. The fourth-order valence-electron chi connectivity index (χ4n) is 1.22. The van der Waals surface area contributed by atoms with Crippen molar-refractivity contribution < 1.29 is 9.90 Å². The van der Waals surface area contributed by atoms with Crippen LogP contribution in [0.4, 0.5) is 0 Å². The van der Waals surface area contributed by atoms with Crippen molar-refractivity contribution in [3.05, 3.63) is 35.0 Å². The number of thioether (sulfide) groups is 1. The number of aromatic nitrogens is 4. The number of carboxylic acid groups (broad SMARTS) is 1. The van der Waals surface area contributed by atoms with Gasteiger partial charge in [0.1, 0.15) is 0 Å². The van der Waals surface area contributed by atoms with Gasteiger partial charge >= 0.3 is 11.7 Å². The average Bonchev–Trinajstić information content (AvgIpc) is 2.69. The number of rotatable bonds is 4. The van der Waals surface area contributed by atoms with Crippen LogP contribution in [0.2, 0.25) is 0 Å². The number of carbonyl (C=O) groups is 1. The van der Waals surface area contributed by atoms with Crippen LogP contribution < -0.4 is 5.69 Å². The van der Waals surface area contributed by atoms with Crippen LogP contribution in [-0.2, 0) is 4.79 Å². The summed E-state index contributed by atoms with van der Waals surface area (Å²) in [6.45, 7) is 0. The predicted octanol–water partition coefficient (Wildman–Crippen LogP) is 0.132. The molecule has 0 amide bonds. The molecular formula is C9H8N4O3S. The summed E-state index contributed by atoms with van der Waals surface area (Å²) in [6.07, 6.45) is 3.08. The summed E-state index contributed by atoms with van der Waals surface area (Å²) in [4.78, 5) is 25.9. The minimum Gasteiger partial charge on any atom is -0.481 e. The van der Waals surface area contributed by atoms with E-state index in [0.717, 1.165) is 11.8 Å². The molecule has 17 heavy (non-hydrogen) atoms. The van der Waals surface area contributed by atoms with Crippen molar-refractivity contribution in [3.8, 4) is 5.69 Å². The largest absolute Gasteiger partial charge is 0.481 e. The molecule has 0 bridgehead atoms. The van der Waals surface area contributed by atoms with E-state index in [0.29, 0.717) is 10.8 Å². The number of hydrogen-bond acceptors (Lipinski definition) is 5. The molecule has 0 radical (unpaired) electrons. The van der Waals surface area contributed by atoms with Gasteiger partial charge < -0.3 is 5.11 Å². The number of nitrogens with zero attached hydrogens (tertiary/aromatic N) is 3. The second-order valence-electron chi connectivity index (χ2n) is 3.04. The third kappa shape index (κ3) is 2.53. The zero-order valence-corrected chi connectivity index (χ0v) is 9.35. The Morgan fingerprint density at radius 1 is 1.59 bits per heavy atom. The van der Waals surface area contributed by atoms with E-state index in [9.17, 15) is 9.59 Å². The molecule has 0 aliphatic carbocycles. The minimum atomic E-state index is -0.969. The molecule has 0 saturated carbocycles. The molecule has 2 aromatic rings. The molecule has 2 heterocycles. The molecule has 8 heteroatoms. The summed E-state index contributed by atoms with van der Waals surface area (Å²) in [5.41, 5.74) is 0.116. The maximum absolute atomic E-state index is 11.5. The fraction of sp³-hybridized carbons (Fsp3) is 0.111. The second-order valence-corrected chi connectivity index (χ2v) is 3.98. The first-order valence-corrected chi connectivity index (χ1v) is 5.59. The number of nitrogens with one attached hydrogen (secondary N) is 1. The van der Waals surface area contributed by atoms with Crippen molar-refractivity contribution in [1.82, 2.24) is 19.7 Å². The lowest BCUT2D eigenvalue weighted by atomic mass is 10.4. The molecule has 0 aliphatic heterocycles. The minimum absolute atomic E-state index is 0.162. The molecule has 0 spiro atoms. The molecule has 0 aliphatic rings. The third-order valence-electron chi connectivity index (χ3n) is 1.87. The van der Waals surface area contributed by atoms with Crippen LogP contribution in [0.5, 0.6) is 0 Å². The highest BCUT2D eigenvalue weighted by Gasteiger charge is 2.12. The summed E-state index contributed by atoms with van der Waals surface area (Å²) >= 11 is 0.964. The number of H-pyrrole nitrogens is 1. The van der Waals surface area contributed by atoms with E-state index >= 15 is 0 Å². The van der Waals surface area contributed by atoms with E-state index in [1.165, 1.54) is 10.8 Å². The number of aliphatic carboxylic acids is 1. The first kappa shape index (κ1) is 11.4. The first-order chi connectivity index (χ1) is 8.18. The smallest absolute Gasteiger partial charge is 0.348 e. The van der Waals surface area contributed by atoms with Crippen molar-refractivity contribution in [2.75, 3.05) is 5.75 Å². The van der Waals surface area contributed by atoms with Crippen LogP contribution in [0.15, 0.2) is 34.5 Å². The molecule has 0 fully saturated rings. The standard InChI is InChI=1S/C9H8N4O3S/c14-7(15)5-17-9-12-11-8(16)13(9)6-2-1-3-10-4-6/h1-4H,5H2,(H,11,16)(H,14,15). The number of aromatic amines is 1. The molecule has 2 aromatic heterocycles. The highest BCUT2D eigenvalue weighted by Crippen LogP contribution is 2.16. The Morgan fingerprint density at radius 3 is 3.06 bits per heavy atom. The Morgan fingerprint density at radius 2 is 2.41 bits per heavy atom. The lowest BCUT2D eigenvalue weighted by Gasteiger charge is -2.02. The van der Waals surface area contributed by atoms with E-state index in [1.807, 2.05) is 0 Å². The van der Waals surface area contributed by atoms with E-state index in [2.05, 4.69) is 15.2 Å². The summed E-state index contributed by atoms with van der Waals surface area (Å²) in [6, 6.07) is 3.37. The lowest BCUT2D eigenvalue weighted by Crippen LogP contribution is -2.16. The maximum atomic E-state index is 11.5. The van der Waals surface area contributed by atoms with Crippen LogP contribution in [-0.4, -0.2) is 36.6 Å². The van der Waals surface area contributed by atoms with Gasteiger partial charge in [-0.1, -0.05) is 11.8 Å². The summed E-state index contributed by atoms with van der Waals surface area (Å²) in [7, 11) is 0. The SMILES string of the molecule is O=C(O)CSc1n[nH]c(=O)n1-c1cccnc1. The van der Waals surface area contributed by atoms with Gasteiger partial charge in [0.25, 0.3) is 0 Å². The van der Waals surface area contributed by atoms with Gasteiger partial charge in [0.2, 0.25) is 0 Å². The molecule has 0 saturated heterocycles. The van der Waals surface area contributed by atoms with Crippen molar-refractivity contribution >= 4 is 17.7 Å². The van der Waals surface area contributed by atoms with Gasteiger partial charge in [0, 0.05) is 6.20 Å². The van der Waals surface area contributed by atoms with Gasteiger partial charge in [-0.3, -0.25) is 9.78 Å². The van der Waals surface area contributed by atoms with Crippen LogP contribution >= 0.6 is 11.8 Å². The normalized spacial score (nSPS) is 10.4. The molecule has 7 nitrogen and oxygen atoms in total. The fourth-order valence-corrected chi connectivity index (χ4v) is 1.90. The Labute approximate surface area is 99.5 Å². The quantitative estimate of drug-likeness (QED) is 0.750. The van der Waals surface area contributed by atoms with Crippen LogP contribution in [0.1, 0.15) is 0 Å². The van der Waals surface area contributed by atoms with E-state index in [4.69, 9.17) is 5.11 Å². The number of hydrogen-bond donors (Lipinski definition) is 2. The molecule has 0 atom stereocenters. The third-order valence-corrected chi connectivity index (χ3v) is 2.79. The molecule has 0 unspecified atom stereocenters. The van der Waals surface area contributed by atoms with Gasteiger partial charge in [-0.25, -0.2) is 14.5 Å². The molecule has 0 aromatic carbocycles. The van der Waals surface area contributed by atoms with Crippen LogP contribution in [0.3, 0.4) is 0 Å². The zero-order chi connectivity index (χ0) is 12.3. The molecule has 2 N–H and O–H groups in total. The van der Waals surface area contributed by atoms with Gasteiger partial charge in [-0.15, -0.1) is 5.10 Å². The molecular weight excluding hydrogens is 244 g/mol. The maximum Gasteiger partial charge on any atom is 0.348 e. The van der Waals surface area contributed by atoms with Gasteiger partial charge in [0.05, 0.1) is 17.6 Å². The van der Waals surface area contributed by atoms with E-state index in [1.54, 1.807) is 18.3 Å². The van der Waals surface area contributed by atoms with Gasteiger partial charge in [-0.2, -0.15) is 0 Å². The van der Waals surface area contributed by atoms with Crippen molar-refractivity contribution in [2.45, 2.75) is 5.16 Å². The Kier molecular flexibility index (Phi) is 3.24. The number of pyridine rings is 1. The van der Waals surface area contributed by atoms with Crippen LogP contribution in [0, 0.1) is 0 Å². The zero-order valence-electron chi connectivity index (χ0n) is 8.53. The number of carboxylic acids is 1. The Bertz CT molecular complexity index is 577. The first-order valence-electron chi connectivity index (χ1n) is 4.61. The van der Waals surface area contributed by atoms with E-state index < -0.39 is 11.7 Å². The van der Waals surface area contributed by atoms with Gasteiger partial charge in [-0.05, 0) is 12.1 Å². The lowest BCUT2D eigenvalue weighted by molar-refractivity contribution is -0.133. The molecule has 2 rings (SSSR count).